The fourth-order valence-corrected chi connectivity index (χ4v) is 4.11. The van der Waals surface area contributed by atoms with Crippen LogP contribution in [0.15, 0.2) is 11.1 Å². The number of hydrogen-bond donors (Lipinski definition) is 1. The van der Waals surface area contributed by atoms with Crippen molar-refractivity contribution in [2.75, 3.05) is 0 Å². The van der Waals surface area contributed by atoms with Crippen molar-refractivity contribution in [1.29, 1.82) is 0 Å². The predicted octanol–water partition coefficient (Wildman–Crippen LogP) is 2.73. The van der Waals surface area contributed by atoms with Gasteiger partial charge in [0.25, 0.3) is 0 Å². The van der Waals surface area contributed by atoms with Crippen LogP contribution in [0.25, 0.3) is 0 Å². The van der Waals surface area contributed by atoms with Gasteiger partial charge >= 0.3 is 0 Å². The molecule has 2 N–H and O–H groups in total. The quantitative estimate of drug-likeness (QED) is 0.881. The van der Waals surface area contributed by atoms with Crippen LogP contribution < -0.4 is 5.73 Å². The molecule has 0 aliphatic heterocycles. The Morgan fingerprint density at radius 3 is 2.82 bits per heavy atom. The van der Waals surface area contributed by atoms with Gasteiger partial charge in [-0.2, -0.15) is 5.10 Å². The van der Waals surface area contributed by atoms with E-state index in [9.17, 15) is 0 Å². The number of hydrogen-bond acceptors (Lipinski definition) is 3. The van der Waals surface area contributed by atoms with Gasteiger partial charge in [-0.05, 0) is 37.7 Å². The van der Waals surface area contributed by atoms with Crippen molar-refractivity contribution in [1.82, 2.24) is 9.78 Å². The van der Waals surface area contributed by atoms with Gasteiger partial charge < -0.3 is 5.73 Å². The van der Waals surface area contributed by atoms with Crippen molar-refractivity contribution >= 4 is 11.8 Å². The Kier molecular flexibility index (Phi) is 3.55. The molecule has 1 aliphatic rings. The monoisotopic (exact) mass is 253 g/mol. The Labute approximate surface area is 108 Å². The van der Waals surface area contributed by atoms with Gasteiger partial charge in [-0.15, -0.1) is 11.8 Å². The number of aromatic nitrogens is 2. The molecule has 3 nitrogen and oxygen atoms in total. The average Bonchev–Trinajstić information content (AvgIpc) is 2.51. The summed E-state index contributed by atoms with van der Waals surface area (Å²) in [6, 6.07) is 2.47. The molecule has 0 radical (unpaired) electrons. The Hall–Kier alpha value is -0.480. The van der Waals surface area contributed by atoms with E-state index in [4.69, 9.17) is 5.73 Å². The van der Waals surface area contributed by atoms with Crippen LogP contribution in [0.5, 0.6) is 0 Å². The minimum absolute atomic E-state index is 0.322. The molecule has 1 saturated carbocycles. The number of aryl methyl sites for hydroxylation is 2. The molecule has 0 amide bonds. The molecule has 0 bridgehead atoms. The SMILES string of the molecule is Cc1cc(SC2CC(C)(C)CCC2N)n(C)n1. The molecular formula is C13H23N3S. The zero-order chi connectivity index (χ0) is 12.6. The Bertz CT molecular complexity index is 397. The molecular weight excluding hydrogens is 230 g/mol. The topological polar surface area (TPSA) is 43.8 Å². The smallest absolute Gasteiger partial charge is 0.0942 e. The third-order valence-corrected chi connectivity index (χ3v) is 5.06. The third-order valence-electron chi connectivity index (χ3n) is 3.62. The van der Waals surface area contributed by atoms with Gasteiger partial charge in [-0.1, -0.05) is 13.8 Å². The second kappa shape index (κ2) is 4.65. The Morgan fingerprint density at radius 1 is 1.53 bits per heavy atom. The van der Waals surface area contributed by atoms with Gasteiger partial charge in [0.1, 0.15) is 0 Å². The van der Waals surface area contributed by atoms with Gasteiger partial charge in [-0.25, -0.2) is 0 Å². The molecule has 1 aromatic heterocycles. The van der Waals surface area contributed by atoms with E-state index in [1.165, 1.54) is 17.9 Å². The minimum Gasteiger partial charge on any atom is -0.327 e. The Balaban J connectivity index is 2.09. The van der Waals surface area contributed by atoms with E-state index in [-0.39, 0.29) is 0 Å². The lowest BCUT2D eigenvalue weighted by molar-refractivity contribution is 0.232. The van der Waals surface area contributed by atoms with Crippen molar-refractivity contribution < 1.29 is 0 Å². The highest BCUT2D eigenvalue weighted by Gasteiger charge is 2.34. The molecule has 96 valence electrons. The first-order chi connectivity index (χ1) is 7.87. The van der Waals surface area contributed by atoms with Crippen LogP contribution in [0.4, 0.5) is 0 Å². The molecule has 1 aromatic rings. The maximum absolute atomic E-state index is 6.25. The second-order valence-electron chi connectivity index (χ2n) is 5.97. The van der Waals surface area contributed by atoms with Gasteiger partial charge in [0, 0.05) is 18.3 Å². The van der Waals surface area contributed by atoms with E-state index in [2.05, 4.69) is 25.0 Å². The molecule has 1 fully saturated rings. The largest absolute Gasteiger partial charge is 0.327 e. The molecule has 2 atom stereocenters. The first-order valence-corrected chi connectivity index (χ1v) is 7.18. The van der Waals surface area contributed by atoms with Gasteiger partial charge in [0.05, 0.1) is 10.7 Å². The summed E-state index contributed by atoms with van der Waals surface area (Å²) in [5.41, 5.74) is 7.77. The highest BCUT2D eigenvalue weighted by Crippen LogP contribution is 2.41. The van der Waals surface area contributed by atoms with Gasteiger partial charge in [-0.3, -0.25) is 4.68 Å². The normalized spacial score (nSPS) is 28.3. The maximum Gasteiger partial charge on any atom is 0.0942 e. The van der Waals surface area contributed by atoms with Crippen LogP contribution in [0.3, 0.4) is 0 Å². The molecule has 1 aliphatic carbocycles. The van der Waals surface area contributed by atoms with Crippen LogP contribution >= 0.6 is 11.8 Å². The van der Waals surface area contributed by atoms with E-state index in [1.807, 2.05) is 30.4 Å². The first-order valence-electron chi connectivity index (χ1n) is 6.30. The molecule has 1 heterocycles. The summed E-state index contributed by atoms with van der Waals surface area (Å²) in [6.45, 7) is 6.73. The lowest BCUT2D eigenvalue weighted by Gasteiger charge is -2.38. The summed E-state index contributed by atoms with van der Waals surface area (Å²) in [7, 11) is 2.01. The summed E-state index contributed by atoms with van der Waals surface area (Å²) in [5, 5.41) is 6.15. The lowest BCUT2D eigenvalue weighted by atomic mass is 9.75. The van der Waals surface area contributed by atoms with Crippen molar-refractivity contribution in [3.63, 3.8) is 0 Å². The molecule has 0 aromatic carbocycles. The molecule has 0 saturated heterocycles. The number of nitrogens with zero attached hydrogens (tertiary/aromatic N) is 2. The standard InChI is InChI=1S/C13H23N3S/c1-9-7-12(16(4)15-9)17-11-8-13(2,3)6-5-10(11)14/h7,10-11H,5-6,8,14H2,1-4H3. The van der Waals surface area contributed by atoms with E-state index in [0.717, 1.165) is 12.1 Å². The summed E-state index contributed by atoms with van der Waals surface area (Å²) >= 11 is 1.90. The molecule has 2 rings (SSSR count). The number of nitrogens with two attached hydrogens (primary N) is 1. The molecule has 17 heavy (non-hydrogen) atoms. The number of thioether (sulfide) groups is 1. The van der Waals surface area contributed by atoms with Crippen molar-refractivity contribution in [2.24, 2.45) is 18.2 Å². The summed E-state index contributed by atoms with van der Waals surface area (Å²) in [6.07, 6.45) is 3.58. The van der Waals surface area contributed by atoms with Crippen molar-refractivity contribution in [3.05, 3.63) is 11.8 Å². The lowest BCUT2D eigenvalue weighted by Crippen LogP contribution is -2.41. The van der Waals surface area contributed by atoms with Crippen LogP contribution in [-0.4, -0.2) is 21.1 Å². The van der Waals surface area contributed by atoms with Crippen LogP contribution in [-0.2, 0) is 7.05 Å². The van der Waals surface area contributed by atoms with E-state index in [0.29, 0.717) is 16.7 Å². The van der Waals surface area contributed by atoms with Gasteiger partial charge in [0.2, 0.25) is 0 Å². The minimum atomic E-state index is 0.322. The van der Waals surface area contributed by atoms with E-state index >= 15 is 0 Å². The molecule has 0 spiro atoms. The second-order valence-corrected chi connectivity index (χ2v) is 7.23. The highest BCUT2D eigenvalue weighted by molar-refractivity contribution is 7.99. The zero-order valence-corrected chi connectivity index (χ0v) is 12.0. The van der Waals surface area contributed by atoms with Crippen LogP contribution in [0, 0.1) is 12.3 Å². The average molecular weight is 253 g/mol. The van der Waals surface area contributed by atoms with Crippen LogP contribution in [0.1, 0.15) is 38.8 Å². The molecule has 4 heteroatoms. The van der Waals surface area contributed by atoms with Gasteiger partial charge in [0.15, 0.2) is 0 Å². The number of rotatable bonds is 2. The highest BCUT2D eigenvalue weighted by atomic mass is 32.2. The summed E-state index contributed by atoms with van der Waals surface area (Å²) < 4.78 is 1.97. The summed E-state index contributed by atoms with van der Waals surface area (Å²) in [5.74, 6) is 0. The third kappa shape index (κ3) is 3.05. The molecule has 2 unspecified atom stereocenters. The zero-order valence-electron chi connectivity index (χ0n) is 11.2. The van der Waals surface area contributed by atoms with Crippen LogP contribution in [0.2, 0.25) is 0 Å². The fraction of sp³-hybridized carbons (Fsp3) is 0.769. The predicted molar refractivity (Wildman–Crippen MR) is 73.2 cm³/mol. The van der Waals surface area contributed by atoms with Crippen molar-refractivity contribution in [3.8, 4) is 0 Å². The summed E-state index contributed by atoms with van der Waals surface area (Å²) in [4.78, 5) is 0. The Morgan fingerprint density at radius 2 is 2.24 bits per heavy atom. The fourth-order valence-electron chi connectivity index (χ4n) is 2.52. The van der Waals surface area contributed by atoms with E-state index < -0.39 is 0 Å². The van der Waals surface area contributed by atoms with Crippen molar-refractivity contribution in [2.45, 2.75) is 56.4 Å². The maximum atomic E-state index is 6.25. The first kappa shape index (κ1) is 13.0. The van der Waals surface area contributed by atoms with E-state index in [1.54, 1.807) is 0 Å².